The number of thiazole rings is 1. The zero-order valence-corrected chi connectivity index (χ0v) is 16.6. The molecule has 4 nitrogen and oxygen atoms in total. The monoisotopic (exact) mass is 462 g/mol. The highest BCUT2D eigenvalue weighted by molar-refractivity contribution is 14.1. The lowest BCUT2D eigenvalue weighted by Crippen LogP contribution is -2.13. The highest BCUT2D eigenvalue weighted by Crippen LogP contribution is 2.32. The molecule has 6 heteroatoms. The molecule has 0 fully saturated rings. The van der Waals surface area contributed by atoms with Crippen LogP contribution in [0.15, 0.2) is 48.5 Å². The van der Waals surface area contributed by atoms with Crippen molar-refractivity contribution >= 4 is 50.7 Å². The van der Waals surface area contributed by atoms with Crippen LogP contribution in [0.25, 0.3) is 11.3 Å². The second-order valence-corrected chi connectivity index (χ2v) is 7.59. The number of aryl methyl sites for hydroxylation is 1. The van der Waals surface area contributed by atoms with Crippen molar-refractivity contribution in [3.8, 4) is 11.3 Å². The van der Waals surface area contributed by atoms with Crippen molar-refractivity contribution in [2.45, 2.75) is 13.8 Å². The normalized spacial score (nSPS) is 10.5. The average Bonchev–Trinajstić information content (AvgIpc) is 3.02. The van der Waals surface area contributed by atoms with E-state index in [1.165, 1.54) is 18.3 Å². The van der Waals surface area contributed by atoms with Crippen molar-refractivity contribution in [3.63, 3.8) is 0 Å². The van der Waals surface area contributed by atoms with Gasteiger partial charge in [0.2, 0.25) is 0 Å². The Labute approximate surface area is 163 Å². The summed E-state index contributed by atoms with van der Waals surface area (Å²) in [7, 11) is 0. The molecule has 0 saturated heterocycles. The third-order valence-electron chi connectivity index (χ3n) is 3.65. The van der Waals surface area contributed by atoms with Gasteiger partial charge >= 0.3 is 0 Å². The molecule has 3 aromatic rings. The van der Waals surface area contributed by atoms with Crippen LogP contribution in [0.3, 0.4) is 0 Å². The molecule has 2 aromatic carbocycles. The number of halogens is 1. The Morgan fingerprint density at radius 2 is 1.80 bits per heavy atom. The fraction of sp³-hybridized carbons (Fsp3) is 0.105. The van der Waals surface area contributed by atoms with Crippen LogP contribution < -0.4 is 5.32 Å². The predicted molar refractivity (Wildman–Crippen MR) is 109 cm³/mol. The average molecular weight is 462 g/mol. The van der Waals surface area contributed by atoms with Gasteiger partial charge in [-0.25, -0.2) is 4.98 Å². The maximum Gasteiger partial charge on any atom is 0.258 e. The first-order valence-corrected chi connectivity index (χ1v) is 9.50. The molecular formula is C19H15IN2O2S. The molecule has 0 spiro atoms. The van der Waals surface area contributed by atoms with E-state index in [2.05, 4.69) is 32.9 Å². The van der Waals surface area contributed by atoms with E-state index in [1.807, 2.05) is 49.4 Å². The molecule has 1 amide bonds. The first-order chi connectivity index (χ1) is 12.0. The number of hydrogen-bond acceptors (Lipinski definition) is 4. The Hall–Kier alpha value is -2.06. The standard InChI is InChI=1S/C19H15IN2O2S/c1-11-7-6-10-14(15(11)20)18(24)22-19-21-16(17(25-19)12(2)23)13-8-4-3-5-9-13/h3-10H,1-2H3,(H,21,22,24). The highest BCUT2D eigenvalue weighted by atomic mass is 127. The second-order valence-electron chi connectivity index (χ2n) is 5.51. The van der Waals surface area contributed by atoms with Gasteiger partial charge < -0.3 is 0 Å². The van der Waals surface area contributed by atoms with Crippen LogP contribution >= 0.6 is 33.9 Å². The van der Waals surface area contributed by atoms with E-state index >= 15 is 0 Å². The lowest BCUT2D eigenvalue weighted by molar-refractivity contribution is 0.101. The number of aromatic nitrogens is 1. The molecule has 1 N–H and O–H groups in total. The van der Waals surface area contributed by atoms with Gasteiger partial charge in [-0.05, 0) is 41.1 Å². The van der Waals surface area contributed by atoms with Crippen LogP contribution in [-0.2, 0) is 0 Å². The highest BCUT2D eigenvalue weighted by Gasteiger charge is 2.19. The summed E-state index contributed by atoms with van der Waals surface area (Å²) in [5.74, 6) is -0.293. The fourth-order valence-corrected chi connectivity index (χ4v) is 3.87. The lowest BCUT2D eigenvalue weighted by atomic mass is 10.1. The molecule has 3 rings (SSSR count). The zero-order valence-electron chi connectivity index (χ0n) is 13.7. The molecule has 0 radical (unpaired) electrons. The van der Waals surface area contributed by atoms with Gasteiger partial charge in [0.25, 0.3) is 5.91 Å². The second kappa shape index (κ2) is 7.45. The van der Waals surface area contributed by atoms with E-state index in [1.54, 1.807) is 6.07 Å². The Morgan fingerprint density at radius 3 is 2.48 bits per heavy atom. The van der Waals surface area contributed by atoms with Crippen molar-refractivity contribution in [2.24, 2.45) is 0 Å². The number of nitrogens with one attached hydrogen (secondary N) is 1. The van der Waals surface area contributed by atoms with Crippen LogP contribution in [0.4, 0.5) is 5.13 Å². The van der Waals surface area contributed by atoms with E-state index in [0.29, 0.717) is 21.3 Å². The molecule has 126 valence electrons. The van der Waals surface area contributed by atoms with Crippen molar-refractivity contribution in [1.29, 1.82) is 0 Å². The fourth-order valence-electron chi connectivity index (χ4n) is 2.39. The minimum Gasteiger partial charge on any atom is -0.298 e. The number of carbonyl (C=O) groups excluding carboxylic acids is 2. The summed E-state index contributed by atoms with van der Waals surface area (Å²) in [6, 6.07) is 15.1. The largest absolute Gasteiger partial charge is 0.298 e. The van der Waals surface area contributed by atoms with Crippen LogP contribution in [-0.4, -0.2) is 16.7 Å². The molecule has 0 aliphatic rings. The van der Waals surface area contributed by atoms with E-state index in [0.717, 1.165) is 14.7 Å². The summed E-state index contributed by atoms with van der Waals surface area (Å²) in [6.45, 7) is 3.47. The van der Waals surface area contributed by atoms with Crippen molar-refractivity contribution < 1.29 is 9.59 Å². The van der Waals surface area contributed by atoms with E-state index in [4.69, 9.17) is 0 Å². The van der Waals surface area contributed by atoms with E-state index in [-0.39, 0.29) is 11.7 Å². The third-order valence-corrected chi connectivity index (χ3v) is 6.15. The number of Topliss-reactive ketones (excluding diaryl/α,β-unsaturated/α-hetero) is 1. The number of hydrogen-bond donors (Lipinski definition) is 1. The number of nitrogens with zero attached hydrogens (tertiary/aromatic N) is 1. The van der Waals surface area contributed by atoms with Gasteiger partial charge in [-0.1, -0.05) is 53.8 Å². The van der Waals surface area contributed by atoms with Gasteiger partial charge in [-0.15, -0.1) is 0 Å². The van der Waals surface area contributed by atoms with Crippen molar-refractivity contribution in [3.05, 3.63) is 68.1 Å². The van der Waals surface area contributed by atoms with Gasteiger partial charge in [0.05, 0.1) is 16.1 Å². The number of carbonyl (C=O) groups is 2. The molecule has 0 aliphatic carbocycles. The van der Waals surface area contributed by atoms with Gasteiger partial charge in [0, 0.05) is 16.1 Å². The van der Waals surface area contributed by atoms with E-state index < -0.39 is 0 Å². The molecule has 25 heavy (non-hydrogen) atoms. The Morgan fingerprint density at radius 1 is 1.08 bits per heavy atom. The van der Waals surface area contributed by atoms with Gasteiger partial charge in [0.1, 0.15) is 0 Å². The summed E-state index contributed by atoms with van der Waals surface area (Å²) < 4.78 is 0.907. The molecule has 0 unspecified atom stereocenters. The first-order valence-electron chi connectivity index (χ1n) is 7.61. The van der Waals surface area contributed by atoms with E-state index in [9.17, 15) is 9.59 Å². The summed E-state index contributed by atoms with van der Waals surface area (Å²) in [6.07, 6.45) is 0. The van der Waals surface area contributed by atoms with Crippen LogP contribution in [0.1, 0.15) is 32.5 Å². The minimum absolute atomic E-state index is 0.0676. The molecule has 1 heterocycles. The summed E-state index contributed by atoms with van der Waals surface area (Å²) in [5.41, 5.74) is 3.10. The summed E-state index contributed by atoms with van der Waals surface area (Å²) in [5, 5.41) is 3.25. The maximum absolute atomic E-state index is 12.6. The molecule has 0 bridgehead atoms. The number of rotatable bonds is 4. The Kier molecular flexibility index (Phi) is 5.29. The molecular weight excluding hydrogens is 447 g/mol. The number of amides is 1. The Balaban J connectivity index is 1.95. The third kappa shape index (κ3) is 3.80. The zero-order chi connectivity index (χ0) is 18.0. The molecule has 0 aliphatic heterocycles. The number of benzene rings is 2. The Bertz CT molecular complexity index is 951. The van der Waals surface area contributed by atoms with Gasteiger partial charge in [-0.3, -0.25) is 14.9 Å². The summed E-state index contributed by atoms with van der Waals surface area (Å²) >= 11 is 3.36. The number of ketones is 1. The van der Waals surface area contributed by atoms with Crippen molar-refractivity contribution in [1.82, 2.24) is 4.98 Å². The smallest absolute Gasteiger partial charge is 0.258 e. The SMILES string of the molecule is CC(=O)c1sc(NC(=O)c2cccc(C)c2I)nc1-c1ccccc1. The number of anilines is 1. The van der Waals surface area contributed by atoms with Crippen LogP contribution in [0, 0.1) is 10.5 Å². The van der Waals surface area contributed by atoms with Gasteiger partial charge in [-0.2, -0.15) is 0 Å². The quantitative estimate of drug-likeness (QED) is 0.430. The molecule has 0 saturated carbocycles. The van der Waals surface area contributed by atoms with Crippen LogP contribution in [0.5, 0.6) is 0 Å². The predicted octanol–water partition coefficient (Wildman–Crippen LogP) is 5.18. The minimum atomic E-state index is -0.225. The molecule has 0 atom stereocenters. The van der Waals surface area contributed by atoms with Crippen LogP contribution in [0.2, 0.25) is 0 Å². The maximum atomic E-state index is 12.6. The summed E-state index contributed by atoms with van der Waals surface area (Å²) in [4.78, 5) is 29.6. The van der Waals surface area contributed by atoms with Gasteiger partial charge in [0.15, 0.2) is 10.9 Å². The topological polar surface area (TPSA) is 59.1 Å². The lowest BCUT2D eigenvalue weighted by Gasteiger charge is -2.06. The molecule has 1 aromatic heterocycles. The first kappa shape index (κ1) is 17.8. The van der Waals surface area contributed by atoms with Crippen molar-refractivity contribution in [2.75, 3.05) is 5.32 Å².